The van der Waals surface area contributed by atoms with Crippen LogP contribution >= 0.6 is 0 Å². The quantitative estimate of drug-likeness (QED) is 0.474. The lowest BCUT2D eigenvalue weighted by Gasteiger charge is -2.15. The number of aliphatic imine (C=N–C) groups is 1. The molecule has 0 spiro atoms. The molecule has 1 atom stereocenters. The van der Waals surface area contributed by atoms with Crippen LogP contribution in [0.1, 0.15) is 18.9 Å². The van der Waals surface area contributed by atoms with E-state index in [-0.39, 0.29) is 11.9 Å². The summed E-state index contributed by atoms with van der Waals surface area (Å²) >= 11 is 0. The molecule has 0 bridgehead atoms. The minimum atomic E-state index is 0.105. The zero-order valence-electron chi connectivity index (χ0n) is 15.2. The fourth-order valence-corrected chi connectivity index (χ4v) is 3.21. The minimum absolute atomic E-state index is 0.105. The van der Waals surface area contributed by atoms with Gasteiger partial charge in [0.1, 0.15) is 17.5 Å². The van der Waals surface area contributed by atoms with E-state index in [1.54, 1.807) is 18.4 Å². The Labute approximate surface area is 157 Å². The Bertz CT molecular complexity index is 958. The molecular weight excluding hydrogens is 342 g/mol. The van der Waals surface area contributed by atoms with E-state index in [9.17, 15) is 5.11 Å². The number of anilines is 1. The molecule has 6 heteroatoms. The van der Waals surface area contributed by atoms with Gasteiger partial charge in [-0.15, -0.1) is 0 Å². The summed E-state index contributed by atoms with van der Waals surface area (Å²) in [5.41, 5.74) is 2.56. The second-order valence-corrected chi connectivity index (χ2v) is 6.54. The van der Waals surface area contributed by atoms with Crippen LogP contribution in [-0.4, -0.2) is 36.7 Å². The number of furan rings is 1. The molecule has 0 radical (unpaired) electrons. The summed E-state index contributed by atoms with van der Waals surface area (Å²) < 4.78 is 11.3. The van der Waals surface area contributed by atoms with Crippen LogP contribution in [0.4, 0.5) is 5.69 Å². The highest BCUT2D eigenvalue weighted by atomic mass is 16.5. The smallest absolute Gasteiger partial charge is 0.161 e. The molecule has 6 nitrogen and oxygen atoms in total. The van der Waals surface area contributed by atoms with Crippen molar-refractivity contribution in [2.75, 3.05) is 25.0 Å². The second-order valence-electron chi connectivity index (χ2n) is 6.54. The van der Waals surface area contributed by atoms with E-state index in [0.717, 1.165) is 47.6 Å². The monoisotopic (exact) mass is 365 g/mol. The maximum absolute atomic E-state index is 10.3. The summed E-state index contributed by atoms with van der Waals surface area (Å²) in [5, 5.41) is 17.9. The van der Waals surface area contributed by atoms with Crippen molar-refractivity contribution in [3.05, 3.63) is 54.3 Å². The van der Waals surface area contributed by atoms with Crippen LogP contribution in [0.5, 0.6) is 11.5 Å². The average Bonchev–Trinajstić information content (AvgIpc) is 3.34. The van der Waals surface area contributed by atoms with Crippen LogP contribution in [0, 0.1) is 0 Å². The first-order valence-electron chi connectivity index (χ1n) is 9.22. The van der Waals surface area contributed by atoms with Crippen molar-refractivity contribution in [2.45, 2.75) is 19.4 Å². The van der Waals surface area contributed by atoms with Gasteiger partial charge in [0.15, 0.2) is 11.5 Å². The maximum Gasteiger partial charge on any atom is 0.161 e. The van der Waals surface area contributed by atoms with Gasteiger partial charge in [0.25, 0.3) is 0 Å². The molecule has 1 saturated heterocycles. The number of ether oxygens (including phenoxy) is 1. The molecule has 1 aliphatic heterocycles. The SMILES string of the molecule is CCN=C(Nc1ccc(O[C@H]2CCNC2)c(O)c1)c1ccc2occc2c1. The Hall–Kier alpha value is -2.99. The van der Waals surface area contributed by atoms with E-state index in [0.29, 0.717) is 12.3 Å². The van der Waals surface area contributed by atoms with Crippen LogP contribution in [0.25, 0.3) is 11.0 Å². The lowest BCUT2D eigenvalue weighted by atomic mass is 10.1. The summed E-state index contributed by atoms with van der Waals surface area (Å²) in [6, 6.07) is 13.2. The maximum atomic E-state index is 10.3. The number of phenolic OH excluding ortho intramolecular Hbond substituents is 1. The van der Waals surface area contributed by atoms with Gasteiger partial charge < -0.3 is 24.9 Å². The molecule has 0 saturated carbocycles. The molecule has 0 aliphatic carbocycles. The van der Waals surface area contributed by atoms with Gasteiger partial charge in [0.05, 0.1) is 6.26 Å². The third kappa shape index (κ3) is 3.90. The van der Waals surface area contributed by atoms with Crippen molar-refractivity contribution in [2.24, 2.45) is 4.99 Å². The number of phenols is 1. The second kappa shape index (κ2) is 7.72. The lowest BCUT2D eigenvalue weighted by molar-refractivity contribution is 0.214. The molecular formula is C21H23N3O3. The molecule has 27 heavy (non-hydrogen) atoms. The van der Waals surface area contributed by atoms with Crippen molar-refractivity contribution >= 4 is 22.5 Å². The van der Waals surface area contributed by atoms with Gasteiger partial charge >= 0.3 is 0 Å². The third-order valence-corrected chi connectivity index (χ3v) is 4.57. The Morgan fingerprint density at radius 3 is 3.00 bits per heavy atom. The fraction of sp³-hybridized carbons (Fsp3) is 0.286. The molecule has 140 valence electrons. The molecule has 4 rings (SSSR count). The molecule has 2 aromatic carbocycles. The number of nitrogens with zero attached hydrogens (tertiary/aromatic N) is 1. The largest absolute Gasteiger partial charge is 0.504 e. The number of hydrogen-bond donors (Lipinski definition) is 3. The van der Waals surface area contributed by atoms with E-state index in [2.05, 4.69) is 15.6 Å². The number of benzene rings is 2. The Balaban J connectivity index is 1.54. The van der Waals surface area contributed by atoms with Crippen molar-refractivity contribution < 1.29 is 14.3 Å². The van der Waals surface area contributed by atoms with Crippen LogP contribution in [0.15, 0.2) is 58.1 Å². The van der Waals surface area contributed by atoms with Crippen molar-refractivity contribution in [1.82, 2.24) is 5.32 Å². The van der Waals surface area contributed by atoms with Gasteiger partial charge in [-0.2, -0.15) is 0 Å². The first-order chi connectivity index (χ1) is 13.2. The Morgan fingerprint density at radius 2 is 2.22 bits per heavy atom. The van der Waals surface area contributed by atoms with Crippen molar-refractivity contribution in [1.29, 1.82) is 0 Å². The fourth-order valence-electron chi connectivity index (χ4n) is 3.21. The van der Waals surface area contributed by atoms with E-state index < -0.39 is 0 Å². The van der Waals surface area contributed by atoms with Gasteiger partial charge in [0, 0.05) is 35.8 Å². The highest BCUT2D eigenvalue weighted by molar-refractivity contribution is 6.09. The van der Waals surface area contributed by atoms with Gasteiger partial charge in [-0.3, -0.25) is 4.99 Å². The van der Waals surface area contributed by atoms with E-state index in [4.69, 9.17) is 9.15 Å². The number of hydrogen-bond acceptors (Lipinski definition) is 5. The van der Waals surface area contributed by atoms with Gasteiger partial charge in [-0.25, -0.2) is 0 Å². The van der Waals surface area contributed by atoms with Gasteiger partial charge in [-0.1, -0.05) is 0 Å². The third-order valence-electron chi connectivity index (χ3n) is 4.57. The van der Waals surface area contributed by atoms with Crippen molar-refractivity contribution in [3.8, 4) is 11.5 Å². The standard InChI is InChI=1S/C21H23N3O3/c1-2-23-21(15-3-5-19-14(11-15)8-10-26-19)24-16-4-6-20(18(25)12-16)27-17-7-9-22-13-17/h3-6,8,10-12,17,22,25H,2,7,9,13H2,1H3,(H,23,24)/t17-/m0/s1. The summed E-state index contributed by atoms with van der Waals surface area (Å²) in [4.78, 5) is 4.57. The number of aromatic hydroxyl groups is 1. The van der Waals surface area contributed by atoms with E-state index in [1.165, 1.54) is 0 Å². The van der Waals surface area contributed by atoms with Crippen LogP contribution in [0.3, 0.4) is 0 Å². The Kier molecular flexibility index (Phi) is 4.98. The number of rotatable bonds is 5. The number of fused-ring (bicyclic) bond motifs is 1. The molecule has 0 unspecified atom stereocenters. The molecule has 3 aromatic rings. The van der Waals surface area contributed by atoms with Gasteiger partial charge in [0.2, 0.25) is 0 Å². The topological polar surface area (TPSA) is 79.0 Å². The highest BCUT2D eigenvalue weighted by Crippen LogP contribution is 2.31. The highest BCUT2D eigenvalue weighted by Gasteiger charge is 2.17. The summed E-state index contributed by atoms with van der Waals surface area (Å²) in [7, 11) is 0. The molecule has 3 N–H and O–H groups in total. The first kappa shape index (κ1) is 17.4. The average molecular weight is 365 g/mol. The molecule has 0 amide bonds. The number of nitrogens with one attached hydrogen (secondary N) is 2. The first-order valence-corrected chi connectivity index (χ1v) is 9.22. The van der Waals surface area contributed by atoms with Crippen LogP contribution < -0.4 is 15.4 Å². The van der Waals surface area contributed by atoms with E-state index >= 15 is 0 Å². The normalized spacial score (nSPS) is 17.4. The summed E-state index contributed by atoms with van der Waals surface area (Å²) in [5.74, 6) is 1.37. The predicted molar refractivity (Wildman–Crippen MR) is 107 cm³/mol. The Morgan fingerprint density at radius 1 is 1.30 bits per heavy atom. The minimum Gasteiger partial charge on any atom is -0.504 e. The van der Waals surface area contributed by atoms with Crippen molar-refractivity contribution in [3.63, 3.8) is 0 Å². The predicted octanol–water partition coefficient (Wildman–Crippen LogP) is 3.76. The number of amidine groups is 1. The summed E-state index contributed by atoms with van der Waals surface area (Å²) in [6.07, 6.45) is 2.73. The van der Waals surface area contributed by atoms with Gasteiger partial charge in [-0.05, 0) is 56.3 Å². The van der Waals surface area contributed by atoms with Crippen LogP contribution in [0.2, 0.25) is 0 Å². The zero-order valence-corrected chi connectivity index (χ0v) is 15.2. The van der Waals surface area contributed by atoms with E-state index in [1.807, 2.05) is 37.3 Å². The molecule has 1 aliphatic rings. The molecule has 2 heterocycles. The molecule has 1 fully saturated rings. The summed E-state index contributed by atoms with van der Waals surface area (Å²) in [6.45, 7) is 4.39. The lowest BCUT2D eigenvalue weighted by Crippen LogP contribution is -2.19. The zero-order chi connectivity index (χ0) is 18.6. The van der Waals surface area contributed by atoms with Crippen LogP contribution in [-0.2, 0) is 0 Å². The molecule has 1 aromatic heterocycles.